The number of benzene rings is 1. The second kappa shape index (κ2) is 2.81. The van der Waals surface area contributed by atoms with Crippen LogP contribution in [0.3, 0.4) is 0 Å². The minimum absolute atomic E-state index is 1.40. The Hall–Kier alpha value is -0.860. The molecule has 14 heavy (non-hydrogen) atoms. The van der Waals surface area contributed by atoms with E-state index in [9.17, 15) is 0 Å². The Balaban J connectivity index is 2.61. The SMILES string of the molecule is Cc1cc2cc3sccc3c(C)c2s1. The third kappa shape index (κ3) is 1.04. The smallest absolute Gasteiger partial charge is 0.0381 e. The molecule has 0 aliphatic rings. The first-order valence-electron chi connectivity index (χ1n) is 4.62. The van der Waals surface area contributed by atoms with E-state index in [-0.39, 0.29) is 0 Å². The Bertz CT molecular complexity index is 614. The number of hydrogen-bond donors (Lipinski definition) is 0. The first kappa shape index (κ1) is 8.45. The van der Waals surface area contributed by atoms with Gasteiger partial charge in [-0.2, -0.15) is 0 Å². The van der Waals surface area contributed by atoms with Gasteiger partial charge in [-0.05, 0) is 53.8 Å². The summed E-state index contributed by atoms with van der Waals surface area (Å²) in [6, 6.07) is 6.82. The quantitative estimate of drug-likeness (QED) is 0.511. The zero-order chi connectivity index (χ0) is 9.71. The summed E-state index contributed by atoms with van der Waals surface area (Å²) in [4.78, 5) is 1.40. The van der Waals surface area contributed by atoms with Crippen molar-refractivity contribution >= 4 is 42.8 Å². The van der Waals surface area contributed by atoms with Crippen molar-refractivity contribution in [2.24, 2.45) is 0 Å². The summed E-state index contributed by atoms with van der Waals surface area (Å²) in [5, 5.41) is 5.00. The molecule has 70 valence electrons. The molecule has 2 aromatic heterocycles. The van der Waals surface area contributed by atoms with Crippen LogP contribution in [0.1, 0.15) is 10.4 Å². The van der Waals surface area contributed by atoms with Gasteiger partial charge >= 0.3 is 0 Å². The first-order chi connectivity index (χ1) is 6.75. The molecular weight excluding hydrogens is 208 g/mol. The molecule has 0 atom stereocenters. The van der Waals surface area contributed by atoms with Gasteiger partial charge in [0.2, 0.25) is 0 Å². The van der Waals surface area contributed by atoms with Gasteiger partial charge in [-0.3, -0.25) is 0 Å². The molecule has 0 amide bonds. The Morgan fingerprint density at radius 1 is 1.14 bits per heavy atom. The molecule has 0 saturated heterocycles. The summed E-state index contributed by atoms with van der Waals surface area (Å²) in [6.45, 7) is 4.41. The molecule has 3 rings (SSSR count). The molecule has 1 aromatic carbocycles. The van der Waals surface area contributed by atoms with Crippen molar-refractivity contribution in [3.8, 4) is 0 Å². The fraction of sp³-hybridized carbons (Fsp3) is 0.167. The molecule has 0 aliphatic heterocycles. The number of fused-ring (bicyclic) bond motifs is 2. The van der Waals surface area contributed by atoms with E-state index in [1.54, 1.807) is 0 Å². The van der Waals surface area contributed by atoms with Gasteiger partial charge in [-0.25, -0.2) is 0 Å². The van der Waals surface area contributed by atoms with Crippen LogP contribution in [0.15, 0.2) is 23.6 Å². The largest absolute Gasteiger partial charge is 0.144 e. The number of thiophene rings is 2. The van der Waals surface area contributed by atoms with Crippen LogP contribution in [0, 0.1) is 13.8 Å². The summed E-state index contributed by atoms with van der Waals surface area (Å²) in [5.41, 5.74) is 1.44. The van der Waals surface area contributed by atoms with Gasteiger partial charge in [0.25, 0.3) is 0 Å². The van der Waals surface area contributed by atoms with Gasteiger partial charge in [0.1, 0.15) is 0 Å². The molecule has 0 spiro atoms. The molecule has 0 N–H and O–H groups in total. The third-order valence-electron chi connectivity index (χ3n) is 2.61. The molecule has 0 aliphatic carbocycles. The lowest BCUT2D eigenvalue weighted by atomic mass is 10.1. The summed E-state index contributed by atoms with van der Waals surface area (Å²) >= 11 is 3.73. The zero-order valence-electron chi connectivity index (χ0n) is 8.13. The summed E-state index contributed by atoms with van der Waals surface area (Å²) < 4.78 is 2.86. The van der Waals surface area contributed by atoms with Crippen molar-refractivity contribution < 1.29 is 0 Å². The van der Waals surface area contributed by atoms with Crippen LogP contribution in [0.5, 0.6) is 0 Å². The summed E-state index contributed by atoms with van der Waals surface area (Å²) in [6.07, 6.45) is 0. The van der Waals surface area contributed by atoms with Gasteiger partial charge in [0, 0.05) is 14.3 Å². The van der Waals surface area contributed by atoms with E-state index in [2.05, 4.69) is 37.4 Å². The van der Waals surface area contributed by atoms with Crippen molar-refractivity contribution in [3.63, 3.8) is 0 Å². The highest BCUT2D eigenvalue weighted by atomic mass is 32.1. The topological polar surface area (TPSA) is 0 Å². The third-order valence-corrected chi connectivity index (χ3v) is 4.66. The molecule has 0 radical (unpaired) electrons. The van der Waals surface area contributed by atoms with Gasteiger partial charge < -0.3 is 0 Å². The van der Waals surface area contributed by atoms with Crippen LogP contribution in [0.4, 0.5) is 0 Å². The van der Waals surface area contributed by atoms with E-state index in [0.717, 1.165) is 0 Å². The van der Waals surface area contributed by atoms with E-state index in [4.69, 9.17) is 0 Å². The Morgan fingerprint density at radius 3 is 2.86 bits per heavy atom. The second-order valence-corrected chi connectivity index (χ2v) is 5.81. The minimum atomic E-state index is 1.40. The van der Waals surface area contributed by atoms with E-state index in [1.165, 1.54) is 30.6 Å². The van der Waals surface area contributed by atoms with Gasteiger partial charge in [-0.15, -0.1) is 22.7 Å². The van der Waals surface area contributed by atoms with Gasteiger partial charge in [0.15, 0.2) is 0 Å². The molecule has 0 unspecified atom stereocenters. The first-order valence-corrected chi connectivity index (χ1v) is 6.32. The van der Waals surface area contributed by atoms with Crippen molar-refractivity contribution in [2.45, 2.75) is 13.8 Å². The normalized spacial score (nSPS) is 11.6. The highest BCUT2D eigenvalue weighted by molar-refractivity contribution is 7.20. The van der Waals surface area contributed by atoms with Crippen molar-refractivity contribution in [2.75, 3.05) is 0 Å². The fourth-order valence-corrected chi connectivity index (χ4v) is 3.84. The molecular formula is C12H10S2. The van der Waals surface area contributed by atoms with Crippen molar-refractivity contribution in [1.82, 2.24) is 0 Å². The van der Waals surface area contributed by atoms with E-state index in [0.29, 0.717) is 0 Å². The van der Waals surface area contributed by atoms with E-state index in [1.807, 2.05) is 22.7 Å². The lowest BCUT2D eigenvalue weighted by Crippen LogP contribution is -1.72. The predicted octanol–water partition coefficient (Wildman–Crippen LogP) is 4.73. The maximum Gasteiger partial charge on any atom is 0.0381 e. The van der Waals surface area contributed by atoms with Crippen LogP contribution in [0.25, 0.3) is 20.2 Å². The standard InChI is InChI=1S/C12H10S2/c1-7-5-9-6-11-10(3-4-13-11)8(2)12(9)14-7/h3-6H,1-2H3. The minimum Gasteiger partial charge on any atom is -0.144 e. The van der Waals surface area contributed by atoms with Gasteiger partial charge in [0.05, 0.1) is 0 Å². The monoisotopic (exact) mass is 218 g/mol. The predicted molar refractivity (Wildman–Crippen MR) is 66.7 cm³/mol. The second-order valence-electron chi connectivity index (χ2n) is 3.61. The maximum atomic E-state index is 2.31. The molecule has 2 heteroatoms. The summed E-state index contributed by atoms with van der Waals surface area (Å²) in [7, 11) is 0. The highest BCUT2D eigenvalue weighted by Crippen LogP contribution is 2.35. The van der Waals surface area contributed by atoms with Gasteiger partial charge in [-0.1, -0.05) is 0 Å². The Labute approximate surface area is 90.8 Å². The highest BCUT2D eigenvalue weighted by Gasteiger charge is 2.06. The average Bonchev–Trinajstić information content (AvgIpc) is 2.71. The number of aryl methyl sites for hydroxylation is 2. The Kier molecular flexibility index (Phi) is 1.70. The fourth-order valence-electron chi connectivity index (χ4n) is 1.94. The van der Waals surface area contributed by atoms with Crippen LogP contribution < -0.4 is 0 Å². The lowest BCUT2D eigenvalue weighted by molar-refractivity contribution is 1.63. The zero-order valence-corrected chi connectivity index (χ0v) is 9.76. The summed E-state index contributed by atoms with van der Waals surface area (Å²) in [5.74, 6) is 0. The number of rotatable bonds is 0. The molecule has 0 saturated carbocycles. The average molecular weight is 218 g/mol. The molecule has 3 aromatic rings. The van der Waals surface area contributed by atoms with E-state index >= 15 is 0 Å². The molecule has 0 nitrogen and oxygen atoms in total. The lowest BCUT2D eigenvalue weighted by Gasteiger charge is -1.97. The van der Waals surface area contributed by atoms with Crippen LogP contribution in [-0.4, -0.2) is 0 Å². The number of hydrogen-bond acceptors (Lipinski definition) is 2. The van der Waals surface area contributed by atoms with Crippen LogP contribution >= 0.6 is 22.7 Å². The van der Waals surface area contributed by atoms with Crippen molar-refractivity contribution in [3.05, 3.63) is 34.0 Å². The van der Waals surface area contributed by atoms with Crippen LogP contribution in [0.2, 0.25) is 0 Å². The van der Waals surface area contributed by atoms with Crippen molar-refractivity contribution in [1.29, 1.82) is 0 Å². The molecule has 0 fully saturated rings. The molecule has 0 bridgehead atoms. The van der Waals surface area contributed by atoms with Crippen LogP contribution in [-0.2, 0) is 0 Å². The Morgan fingerprint density at radius 2 is 2.00 bits per heavy atom. The molecule has 2 heterocycles. The van der Waals surface area contributed by atoms with E-state index < -0.39 is 0 Å². The maximum absolute atomic E-state index is 2.31.